The average molecular weight is 420 g/mol. The molecule has 0 amide bonds. The van der Waals surface area contributed by atoms with E-state index in [0.29, 0.717) is 30.6 Å². The van der Waals surface area contributed by atoms with E-state index in [0.717, 1.165) is 46.0 Å². The topological polar surface area (TPSA) is 69.3 Å². The Balaban J connectivity index is 1.53. The third-order valence-corrected chi connectivity index (χ3v) is 5.74. The van der Waals surface area contributed by atoms with Crippen LogP contribution in [0.3, 0.4) is 0 Å². The van der Waals surface area contributed by atoms with Crippen molar-refractivity contribution in [1.29, 1.82) is 0 Å². The van der Waals surface area contributed by atoms with Gasteiger partial charge in [-0.3, -0.25) is 9.08 Å². The van der Waals surface area contributed by atoms with E-state index in [1.54, 1.807) is 12.3 Å². The van der Waals surface area contributed by atoms with Gasteiger partial charge in [-0.2, -0.15) is 5.10 Å². The number of halogens is 1. The van der Waals surface area contributed by atoms with Crippen LogP contribution in [0.25, 0.3) is 16.9 Å². The monoisotopic (exact) mass is 420 g/mol. The summed E-state index contributed by atoms with van der Waals surface area (Å²) in [6, 6.07) is 5.25. The van der Waals surface area contributed by atoms with Crippen molar-refractivity contribution in [1.82, 2.24) is 24.1 Å². The van der Waals surface area contributed by atoms with E-state index in [1.807, 2.05) is 29.3 Å². The summed E-state index contributed by atoms with van der Waals surface area (Å²) in [5.74, 6) is 1.48. The number of imidazole rings is 1. The fourth-order valence-electron chi connectivity index (χ4n) is 4.10. The first-order chi connectivity index (χ1) is 14.9. The molecule has 1 aliphatic heterocycles. The predicted molar refractivity (Wildman–Crippen MR) is 117 cm³/mol. The summed E-state index contributed by atoms with van der Waals surface area (Å²) in [6.07, 6.45) is 4.46. The molecule has 1 aliphatic rings. The highest BCUT2D eigenvalue weighted by atomic mass is 19.1. The van der Waals surface area contributed by atoms with E-state index in [9.17, 15) is 4.39 Å². The molecule has 31 heavy (non-hydrogen) atoms. The lowest BCUT2D eigenvalue weighted by Gasteiger charge is -2.13. The number of aromatic nitrogens is 5. The van der Waals surface area contributed by atoms with Gasteiger partial charge >= 0.3 is 0 Å². The summed E-state index contributed by atoms with van der Waals surface area (Å²) in [5.41, 5.74) is 6.11. The van der Waals surface area contributed by atoms with Crippen molar-refractivity contribution in [3.05, 3.63) is 58.9 Å². The van der Waals surface area contributed by atoms with E-state index >= 15 is 0 Å². The molecule has 4 aromatic rings. The van der Waals surface area contributed by atoms with E-state index < -0.39 is 0 Å². The van der Waals surface area contributed by atoms with Crippen LogP contribution in [0, 0.1) is 12.7 Å². The Bertz CT molecular complexity index is 1290. The summed E-state index contributed by atoms with van der Waals surface area (Å²) >= 11 is 0. The molecule has 0 atom stereocenters. The summed E-state index contributed by atoms with van der Waals surface area (Å²) in [4.78, 5) is 9.37. The van der Waals surface area contributed by atoms with Gasteiger partial charge in [0.15, 0.2) is 5.65 Å². The smallest absolute Gasteiger partial charge is 0.208 e. The standard InChI is InChI=1S/C23H25FN6O/c1-13(2)19-9-20(29(4)28-19)17-11-26-23(30-12-14(3)27-22(17)30)25-10-16-15-7-8-31-21(15)6-5-18(16)24/h5-6,9,11-13H,7-8,10H2,1-4H3,(H,25,26). The number of aryl methyl sites for hydroxylation is 2. The molecule has 3 aromatic heterocycles. The molecule has 4 heterocycles. The van der Waals surface area contributed by atoms with Crippen molar-refractivity contribution in [2.45, 2.75) is 39.7 Å². The van der Waals surface area contributed by atoms with Gasteiger partial charge in [-0.25, -0.2) is 14.4 Å². The molecule has 1 N–H and O–H groups in total. The summed E-state index contributed by atoms with van der Waals surface area (Å²) < 4.78 is 23.9. The molecule has 0 unspecified atom stereocenters. The largest absolute Gasteiger partial charge is 0.493 e. The van der Waals surface area contributed by atoms with Crippen molar-refractivity contribution in [3.63, 3.8) is 0 Å². The minimum absolute atomic E-state index is 0.234. The van der Waals surface area contributed by atoms with Crippen molar-refractivity contribution in [3.8, 4) is 17.0 Å². The molecule has 8 heteroatoms. The van der Waals surface area contributed by atoms with Gasteiger partial charge in [-0.15, -0.1) is 0 Å². The van der Waals surface area contributed by atoms with Crippen LogP contribution >= 0.6 is 0 Å². The number of rotatable bonds is 5. The Morgan fingerprint density at radius 3 is 2.90 bits per heavy atom. The van der Waals surface area contributed by atoms with Gasteiger partial charge in [0.1, 0.15) is 11.6 Å². The molecule has 5 rings (SSSR count). The fourth-order valence-corrected chi connectivity index (χ4v) is 4.10. The second-order valence-electron chi connectivity index (χ2n) is 8.26. The number of benzene rings is 1. The molecule has 160 valence electrons. The number of anilines is 1. The van der Waals surface area contributed by atoms with E-state index in [1.165, 1.54) is 6.07 Å². The zero-order valence-electron chi connectivity index (χ0n) is 18.1. The fraction of sp³-hybridized carbons (Fsp3) is 0.348. The SMILES string of the molecule is Cc1cn2c(NCc3c(F)ccc4c3CCO4)ncc(-c3cc(C(C)C)nn3C)c2n1. The van der Waals surface area contributed by atoms with E-state index in [4.69, 9.17) is 9.72 Å². The summed E-state index contributed by atoms with van der Waals surface area (Å²) in [5, 5.41) is 7.92. The van der Waals surface area contributed by atoms with Gasteiger partial charge in [0.05, 0.1) is 29.3 Å². The van der Waals surface area contributed by atoms with Gasteiger partial charge in [0.25, 0.3) is 0 Å². The maximum Gasteiger partial charge on any atom is 0.208 e. The van der Waals surface area contributed by atoms with Crippen LogP contribution < -0.4 is 10.1 Å². The molecular formula is C23H25FN6O. The van der Waals surface area contributed by atoms with E-state index in [2.05, 4.69) is 35.3 Å². The van der Waals surface area contributed by atoms with E-state index in [-0.39, 0.29) is 5.82 Å². The van der Waals surface area contributed by atoms with Crippen LogP contribution in [0.5, 0.6) is 5.75 Å². The maximum atomic E-state index is 14.5. The van der Waals surface area contributed by atoms with Crippen molar-refractivity contribution < 1.29 is 9.13 Å². The number of hydrogen-bond donors (Lipinski definition) is 1. The molecule has 0 bridgehead atoms. The summed E-state index contributed by atoms with van der Waals surface area (Å²) in [7, 11) is 1.93. The minimum Gasteiger partial charge on any atom is -0.493 e. The lowest BCUT2D eigenvalue weighted by molar-refractivity contribution is 0.356. The Labute approximate surface area is 179 Å². The highest BCUT2D eigenvalue weighted by Crippen LogP contribution is 2.31. The first kappa shape index (κ1) is 19.5. The third kappa shape index (κ3) is 3.32. The molecule has 0 fully saturated rings. The van der Waals surface area contributed by atoms with Crippen LogP contribution in [-0.4, -0.2) is 30.8 Å². The van der Waals surface area contributed by atoms with Crippen LogP contribution in [0.4, 0.5) is 10.3 Å². The van der Waals surface area contributed by atoms with Crippen molar-refractivity contribution in [2.75, 3.05) is 11.9 Å². The van der Waals surface area contributed by atoms with Gasteiger partial charge in [-0.05, 0) is 31.0 Å². The highest BCUT2D eigenvalue weighted by Gasteiger charge is 2.21. The maximum absolute atomic E-state index is 14.5. The van der Waals surface area contributed by atoms with Crippen molar-refractivity contribution >= 4 is 11.6 Å². The zero-order valence-corrected chi connectivity index (χ0v) is 18.1. The normalized spacial score (nSPS) is 13.1. The van der Waals surface area contributed by atoms with Gasteiger partial charge in [-0.1, -0.05) is 13.8 Å². The van der Waals surface area contributed by atoms with Crippen LogP contribution in [-0.2, 0) is 20.0 Å². The molecule has 0 saturated carbocycles. The number of fused-ring (bicyclic) bond motifs is 2. The first-order valence-electron chi connectivity index (χ1n) is 10.5. The minimum atomic E-state index is -0.234. The lowest BCUT2D eigenvalue weighted by atomic mass is 10.0. The number of ether oxygens (including phenoxy) is 1. The highest BCUT2D eigenvalue weighted by molar-refractivity contribution is 5.76. The zero-order chi connectivity index (χ0) is 21.7. The second-order valence-corrected chi connectivity index (χ2v) is 8.26. The first-order valence-corrected chi connectivity index (χ1v) is 10.5. The van der Waals surface area contributed by atoms with Crippen LogP contribution in [0.2, 0.25) is 0 Å². The number of nitrogens with one attached hydrogen (secondary N) is 1. The number of nitrogens with zero attached hydrogens (tertiary/aromatic N) is 5. The molecule has 1 aromatic carbocycles. The van der Waals surface area contributed by atoms with Gasteiger partial charge < -0.3 is 10.1 Å². The Hall–Kier alpha value is -3.42. The lowest BCUT2D eigenvalue weighted by Crippen LogP contribution is -2.10. The van der Waals surface area contributed by atoms with Crippen LogP contribution in [0.1, 0.15) is 42.3 Å². The summed E-state index contributed by atoms with van der Waals surface area (Å²) in [6.45, 7) is 7.10. The third-order valence-electron chi connectivity index (χ3n) is 5.74. The molecule has 0 saturated heterocycles. The molecular weight excluding hydrogens is 395 g/mol. The Morgan fingerprint density at radius 1 is 1.29 bits per heavy atom. The van der Waals surface area contributed by atoms with Crippen molar-refractivity contribution in [2.24, 2.45) is 7.05 Å². The quantitative estimate of drug-likeness (QED) is 0.523. The van der Waals surface area contributed by atoms with Gasteiger partial charge in [0.2, 0.25) is 5.95 Å². The Kier molecular flexibility index (Phi) is 4.64. The predicted octanol–water partition coefficient (Wildman–Crippen LogP) is 4.25. The molecule has 7 nitrogen and oxygen atoms in total. The molecule has 0 aliphatic carbocycles. The number of hydrogen-bond acceptors (Lipinski definition) is 5. The average Bonchev–Trinajstić information content (AvgIpc) is 3.45. The van der Waals surface area contributed by atoms with Crippen LogP contribution in [0.15, 0.2) is 30.6 Å². The molecule has 0 radical (unpaired) electrons. The Morgan fingerprint density at radius 2 is 2.13 bits per heavy atom. The van der Waals surface area contributed by atoms with Gasteiger partial charge in [0, 0.05) is 43.5 Å². The second kappa shape index (κ2) is 7.37. The molecule has 0 spiro atoms.